The molecule has 1 amide bonds. The predicted molar refractivity (Wildman–Crippen MR) is 98.0 cm³/mol. The number of benzene rings is 1. The quantitative estimate of drug-likeness (QED) is 0.696. The fourth-order valence-electron chi connectivity index (χ4n) is 2.72. The second kappa shape index (κ2) is 7.25. The van der Waals surface area contributed by atoms with Crippen LogP contribution in [-0.2, 0) is 6.54 Å². The summed E-state index contributed by atoms with van der Waals surface area (Å²) in [5.41, 5.74) is 2.58. The lowest BCUT2D eigenvalue weighted by atomic mass is 10.2. The second-order valence-electron chi connectivity index (χ2n) is 6.13. The van der Waals surface area contributed by atoms with Crippen molar-refractivity contribution in [2.45, 2.75) is 20.4 Å². The van der Waals surface area contributed by atoms with E-state index in [2.05, 4.69) is 10.1 Å². The Balaban J connectivity index is 1.89. The van der Waals surface area contributed by atoms with Crippen molar-refractivity contribution in [1.29, 1.82) is 0 Å². The van der Waals surface area contributed by atoms with E-state index in [-0.39, 0.29) is 29.0 Å². The molecule has 1 aromatic carbocycles. The van der Waals surface area contributed by atoms with Crippen LogP contribution in [0.25, 0.3) is 5.82 Å². The van der Waals surface area contributed by atoms with Gasteiger partial charge in [0.25, 0.3) is 5.91 Å². The van der Waals surface area contributed by atoms with Crippen molar-refractivity contribution in [2.75, 3.05) is 7.05 Å². The number of nitrogens with zero attached hydrogens (tertiary/aromatic N) is 4. The van der Waals surface area contributed by atoms with Crippen molar-refractivity contribution in [3.05, 3.63) is 75.9 Å². The van der Waals surface area contributed by atoms with E-state index in [1.54, 1.807) is 36.0 Å². The molecule has 0 aliphatic rings. The molecule has 0 fully saturated rings. The Morgan fingerprint density at radius 1 is 1.23 bits per heavy atom. The number of aromatic nitrogens is 3. The van der Waals surface area contributed by atoms with Crippen molar-refractivity contribution >= 4 is 17.5 Å². The van der Waals surface area contributed by atoms with E-state index in [0.29, 0.717) is 11.4 Å². The maximum Gasteiger partial charge on any atom is 0.274 e. The topological polar surface area (TPSA) is 51.0 Å². The van der Waals surface area contributed by atoms with Gasteiger partial charge in [0.05, 0.1) is 10.7 Å². The molecule has 0 saturated carbocycles. The van der Waals surface area contributed by atoms with Crippen molar-refractivity contribution in [3.63, 3.8) is 0 Å². The minimum Gasteiger partial charge on any atom is -0.336 e. The van der Waals surface area contributed by atoms with Gasteiger partial charge in [-0.15, -0.1) is 0 Å². The zero-order chi connectivity index (χ0) is 18.8. The van der Waals surface area contributed by atoms with Gasteiger partial charge in [-0.1, -0.05) is 23.7 Å². The third-order valence-electron chi connectivity index (χ3n) is 3.92. The molecule has 2 heterocycles. The van der Waals surface area contributed by atoms with Gasteiger partial charge in [-0.3, -0.25) is 4.79 Å². The molecular weight excluding hydrogens is 355 g/mol. The summed E-state index contributed by atoms with van der Waals surface area (Å²) in [4.78, 5) is 18.6. The molecular formula is C19H18ClFN4O. The Labute approximate surface area is 156 Å². The minimum atomic E-state index is -0.345. The molecule has 134 valence electrons. The summed E-state index contributed by atoms with van der Waals surface area (Å²) in [5.74, 6) is -0.170. The summed E-state index contributed by atoms with van der Waals surface area (Å²) in [6.45, 7) is 4.05. The standard InChI is InChI=1S/C19H18ClFN4O/c1-12-9-13(2)25(23-12)17-8-7-16(20)18(22-17)19(26)24(3)11-14-5-4-6-15(21)10-14/h4-10H,11H2,1-3H3. The van der Waals surface area contributed by atoms with E-state index >= 15 is 0 Å². The first kappa shape index (κ1) is 18.1. The highest BCUT2D eigenvalue weighted by Gasteiger charge is 2.19. The van der Waals surface area contributed by atoms with Crippen LogP contribution in [-0.4, -0.2) is 32.6 Å². The molecule has 5 nitrogen and oxygen atoms in total. The third-order valence-corrected chi connectivity index (χ3v) is 4.22. The van der Waals surface area contributed by atoms with Crippen molar-refractivity contribution < 1.29 is 9.18 Å². The molecule has 0 atom stereocenters. The number of halogens is 2. The van der Waals surface area contributed by atoms with E-state index < -0.39 is 0 Å². The molecule has 2 aromatic heterocycles. The molecule has 0 bridgehead atoms. The molecule has 3 aromatic rings. The first-order valence-corrected chi connectivity index (χ1v) is 8.43. The summed E-state index contributed by atoms with van der Waals surface area (Å²) >= 11 is 6.20. The van der Waals surface area contributed by atoms with Crippen LogP contribution >= 0.6 is 11.6 Å². The lowest BCUT2D eigenvalue weighted by Gasteiger charge is -2.18. The smallest absolute Gasteiger partial charge is 0.274 e. The number of aryl methyl sites for hydroxylation is 2. The van der Waals surface area contributed by atoms with Gasteiger partial charge in [0.2, 0.25) is 0 Å². The van der Waals surface area contributed by atoms with Gasteiger partial charge in [-0.2, -0.15) is 5.10 Å². The summed E-state index contributed by atoms with van der Waals surface area (Å²) in [7, 11) is 1.63. The maximum absolute atomic E-state index is 13.3. The van der Waals surface area contributed by atoms with Crippen LogP contribution in [0.4, 0.5) is 4.39 Å². The molecule has 0 radical (unpaired) electrons. The molecule has 0 unspecified atom stereocenters. The number of pyridine rings is 1. The minimum absolute atomic E-state index is 0.135. The van der Waals surface area contributed by atoms with Gasteiger partial charge in [-0.25, -0.2) is 14.1 Å². The SMILES string of the molecule is Cc1cc(C)n(-c2ccc(Cl)c(C(=O)N(C)Cc3cccc(F)c3)n2)n1. The maximum atomic E-state index is 13.3. The fraction of sp³-hybridized carbons (Fsp3) is 0.211. The van der Waals surface area contributed by atoms with E-state index in [4.69, 9.17) is 11.6 Å². The number of rotatable bonds is 4. The highest BCUT2D eigenvalue weighted by Crippen LogP contribution is 2.20. The van der Waals surface area contributed by atoms with Crippen molar-refractivity contribution in [1.82, 2.24) is 19.7 Å². The van der Waals surface area contributed by atoms with Crippen LogP contribution in [0.1, 0.15) is 27.4 Å². The molecule has 0 spiro atoms. The molecule has 7 heteroatoms. The monoisotopic (exact) mass is 372 g/mol. The average molecular weight is 373 g/mol. The van der Waals surface area contributed by atoms with Crippen LogP contribution < -0.4 is 0 Å². The molecule has 0 saturated heterocycles. The normalized spacial score (nSPS) is 10.8. The first-order chi connectivity index (χ1) is 12.3. The Morgan fingerprint density at radius 3 is 2.65 bits per heavy atom. The lowest BCUT2D eigenvalue weighted by Crippen LogP contribution is -2.27. The molecule has 26 heavy (non-hydrogen) atoms. The first-order valence-electron chi connectivity index (χ1n) is 8.05. The third kappa shape index (κ3) is 3.75. The van der Waals surface area contributed by atoms with E-state index in [9.17, 15) is 9.18 Å². The van der Waals surface area contributed by atoms with Crippen molar-refractivity contribution in [2.24, 2.45) is 0 Å². The summed E-state index contributed by atoms with van der Waals surface area (Å²) in [6, 6.07) is 11.4. The zero-order valence-corrected chi connectivity index (χ0v) is 15.5. The van der Waals surface area contributed by atoms with E-state index in [1.165, 1.54) is 17.0 Å². The Morgan fingerprint density at radius 2 is 2.00 bits per heavy atom. The number of hydrogen-bond acceptors (Lipinski definition) is 3. The number of hydrogen-bond donors (Lipinski definition) is 0. The van der Waals surface area contributed by atoms with Gasteiger partial charge in [0.15, 0.2) is 5.82 Å². The Bertz CT molecular complexity index is 970. The molecule has 0 aliphatic heterocycles. The number of amides is 1. The average Bonchev–Trinajstić information content (AvgIpc) is 2.93. The Kier molecular flexibility index (Phi) is 5.04. The second-order valence-corrected chi connectivity index (χ2v) is 6.54. The van der Waals surface area contributed by atoms with Crippen LogP contribution in [0.3, 0.4) is 0 Å². The molecule has 3 rings (SSSR count). The summed E-state index contributed by atoms with van der Waals surface area (Å²) < 4.78 is 15.0. The van der Waals surface area contributed by atoms with Crippen molar-refractivity contribution in [3.8, 4) is 5.82 Å². The van der Waals surface area contributed by atoms with Crippen LogP contribution in [0.5, 0.6) is 0 Å². The fourth-order valence-corrected chi connectivity index (χ4v) is 2.91. The summed E-state index contributed by atoms with van der Waals surface area (Å²) in [5, 5.41) is 4.63. The largest absolute Gasteiger partial charge is 0.336 e. The lowest BCUT2D eigenvalue weighted by molar-refractivity contribution is 0.0779. The van der Waals surface area contributed by atoms with Gasteiger partial charge in [0.1, 0.15) is 11.5 Å². The highest BCUT2D eigenvalue weighted by atomic mass is 35.5. The number of carbonyl (C=O) groups is 1. The van der Waals surface area contributed by atoms with Crippen LogP contribution in [0.15, 0.2) is 42.5 Å². The van der Waals surface area contributed by atoms with E-state index in [1.807, 2.05) is 19.9 Å². The van der Waals surface area contributed by atoms with Crippen LogP contribution in [0.2, 0.25) is 5.02 Å². The molecule has 0 aliphatic carbocycles. The van der Waals surface area contributed by atoms with Crippen LogP contribution in [0, 0.1) is 19.7 Å². The van der Waals surface area contributed by atoms with Gasteiger partial charge in [0, 0.05) is 19.3 Å². The highest BCUT2D eigenvalue weighted by molar-refractivity contribution is 6.33. The summed E-state index contributed by atoms with van der Waals surface area (Å²) in [6.07, 6.45) is 0. The Hall–Kier alpha value is -2.73. The van der Waals surface area contributed by atoms with Gasteiger partial charge < -0.3 is 4.90 Å². The van der Waals surface area contributed by atoms with E-state index in [0.717, 1.165) is 11.4 Å². The predicted octanol–water partition coefficient (Wildman–Crippen LogP) is 3.95. The van der Waals surface area contributed by atoms with Gasteiger partial charge in [-0.05, 0) is 49.7 Å². The van der Waals surface area contributed by atoms with Gasteiger partial charge >= 0.3 is 0 Å². The number of carbonyl (C=O) groups excluding carboxylic acids is 1. The zero-order valence-electron chi connectivity index (χ0n) is 14.7. The molecule has 0 N–H and O–H groups in total.